The Labute approximate surface area is 177 Å². The highest BCUT2D eigenvalue weighted by Crippen LogP contribution is 2.33. The summed E-state index contributed by atoms with van der Waals surface area (Å²) in [5, 5.41) is 6.07. The van der Waals surface area contributed by atoms with Gasteiger partial charge in [-0.25, -0.2) is 4.68 Å². The van der Waals surface area contributed by atoms with Crippen LogP contribution in [0.25, 0.3) is 5.69 Å². The zero-order chi connectivity index (χ0) is 23.7. The van der Waals surface area contributed by atoms with E-state index in [0.717, 1.165) is 41.1 Å². The fourth-order valence-corrected chi connectivity index (χ4v) is 2.97. The minimum Gasteiger partial charge on any atom is -0.346 e. The molecule has 0 saturated heterocycles. The van der Waals surface area contributed by atoms with Gasteiger partial charge in [-0.15, -0.1) is 0 Å². The Hall–Kier alpha value is -3.63. The van der Waals surface area contributed by atoms with Gasteiger partial charge in [0.1, 0.15) is 0 Å². The van der Waals surface area contributed by atoms with Crippen LogP contribution in [0, 0.1) is 6.92 Å². The minimum absolute atomic E-state index is 0.0566. The van der Waals surface area contributed by atoms with E-state index in [1.54, 1.807) is 0 Å². The molecular formula is C21H15F6N3O2. The van der Waals surface area contributed by atoms with Crippen molar-refractivity contribution in [2.45, 2.75) is 25.8 Å². The molecule has 0 aliphatic heterocycles. The fourth-order valence-electron chi connectivity index (χ4n) is 2.97. The lowest BCUT2D eigenvalue weighted by molar-refractivity contribution is -0.138. The molecule has 1 amide bonds. The van der Waals surface area contributed by atoms with Crippen molar-refractivity contribution in [2.75, 3.05) is 0 Å². The average molecular weight is 455 g/mol. The molecule has 2 aromatic carbocycles. The van der Waals surface area contributed by atoms with Gasteiger partial charge < -0.3 is 5.32 Å². The first-order valence-corrected chi connectivity index (χ1v) is 9.10. The summed E-state index contributed by atoms with van der Waals surface area (Å²) in [6, 6.07) is 9.67. The van der Waals surface area contributed by atoms with Gasteiger partial charge in [-0.2, -0.15) is 31.4 Å². The Kier molecular flexibility index (Phi) is 6.11. The number of alkyl halides is 6. The number of benzene rings is 2. The Morgan fingerprint density at radius 1 is 0.969 bits per heavy atom. The van der Waals surface area contributed by atoms with E-state index in [0.29, 0.717) is 0 Å². The normalized spacial score (nSPS) is 12.0. The number of nitrogens with zero attached hydrogens (tertiary/aromatic N) is 2. The lowest BCUT2D eigenvalue weighted by Crippen LogP contribution is -2.32. The van der Waals surface area contributed by atoms with E-state index in [1.165, 1.54) is 25.1 Å². The second kappa shape index (κ2) is 8.48. The summed E-state index contributed by atoms with van der Waals surface area (Å²) in [5.41, 5.74) is -3.68. The van der Waals surface area contributed by atoms with Crippen molar-refractivity contribution in [2.24, 2.45) is 0 Å². The molecule has 0 saturated carbocycles. The van der Waals surface area contributed by atoms with E-state index in [9.17, 15) is 35.9 Å². The van der Waals surface area contributed by atoms with E-state index in [1.807, 2.05) is 0 Å². The lowest BCUT2D eigenvalue weighted by Gasteiger charge is -2.16. The molecule has 0 atom stereocenters. The van der Waals surface area contributed by atoms with Crippen LogP contribution >= 0.6 is 0 Å². The summed E-state index contributed by atoms with van der Waals surface area (Å²) in [5.74, 6) is -1.04. The highest BCUT2D eigenvalue weighted by molar-refractivity contribution is 5.92. The first kappa shape index (κ1) is 23.0. The number of aromatic nitrogens is 2. The fraction of sp³-hybridized carbons (Fsp3) is 0.190. The van der Waals surface area contributed by atoms with Crippen molar-refractivity contribution in [3.05, 3.63) is 92.9 Å². The molecule has 0 fully saturated rings. The molecule has 5 nitrogen and oxygen atoms in total. The third-order valence-electron chi connectivity index (χ3n) is 4.47. The quantitative estimate of drug-likeness (QED) is 0.589. The zero-order valence-electron chi connectivity index (χ0n) is 16.4. The van der Waals surface area contributed by atoms with Crippen LogP contribution in [0.1, 0.15) is 32.9 Å². The van der Waals surface area contributed by atoms with Gasteiger partial charge in [0.25, 0.3) is 5.91 Å². The molecular weight excluding hydrogens is 440 g/mol. The summed E-state index contributed by atoms with van der Waals surface area (Å²) >= 11 is 0. The van der Waals surface area contributed by atoms with Gasteiger partial charge in [-0.3, -0.25) is 9.59 Å². The molecule has 0 spiro atoms. The van der Waals surface area contributed by atoms with Gasteiger partial charge in [-0.05, 0) is 36.8 Å². The van der Waals surface area contributed by atoms with Crippen LogP contribution in [0.15, 0.2) is 59.4 Å². The van der Waals surface area contributed by atoms with Crippen LogP contribution in [-0.4, -0.2) is 15.7 Å². The number of carbonyl (C=O) groups excluding carboxylic acids is 1. The maximum atomic E-state index is 13.4. The minimum atomic E-state index is -4.71. The van der Waals surface area contributed by atoms with Crippen molar-refractivity contribution in [3.8, 4) is 5.69 Å². The van der Waals surface area contributed by atoms with Gasteiger partial charge in [0.2, 0.25) is 5.43 Å². The van der Waals surface area contributed by atoms with Crippen molar-refractivity contribution < 1.29 is 31.1 Å². The van der Waals surface area contributed by atoms with E-state index >= 15 is 0 Å². The summed E-state index contributed by atoms with van der Waals surface area (Å²) in [6.45, 7) is 1.00. The molecule has 0 aliphatic rings. The SMILES string of the molecule is Cc1cc(=O)c(C(=O)NCc2cccc(C(F)(F)F)c2)nn1-c1ccccc1C(F)(F)F. The predicted molar refractivity (Wildman–Crippen MR) is 102 cm³/mol. The van der Waals surface area contributed by atoms with Crippen LogP contribution in [0.5, 0.6) is 0 Å². The highest BCUT2D eigenvalue weighted by atomic mass is 19.4. The molecule has 0 aliphatic carbocycles. The third-order valence-corrected chi connectivity index (χ3v) is 4.47. The molecule has 0 unspecified atom stereocenters. The third kappa shape index (κ3) is 4.98. The predicted octanol–water partition coefficient (Wildman–Crippen LogP) is 4.51. The number of halogens is 6. The molecule has 32 heavy (non-hydrogen) atoms. The molecule has 0 bridgehead atoms. The van der Waals surface area contributed by atoms with Crippen molar-refractivity contribution in [3.63, 3.8) is 0 Å². The number of rotatable bonds is 4. The van der Waals surface area contributed by atoms with Crippen LogP contribution in [0.4, 0.5) is 26.3 Å². The lowest BCUT2D eigenvalue weighted by atomic mass is 10.1. The van der Waals surface area contributed by atoms with Gasteiger partial charge in [-0.1, -0.05) is 24.3 Å². The Balaban J connectivity index is 1.92. The summed E-state index contributed by atoms with van der Waals surface area (Å²) in [7, 11) is 0. The van der Waals surface area contributed by atoms with E-state index in [4.69, 9.17) is 0 Å². The van der Waals surface area contributed by atoms with Gasteiger partial charge in [0, 0.05) is 18.3 Å². The second-order valence-corrected chi connectivity index (χ2v) is 6.81. The molecule has 1 aromatic heterocycles. The molecule has 1 N–H and O–H groups in total. The van der Waals surface area contributed by atoms with Crippen LogP contribution < -0.4 is 10.7 Å². The average Bonchev–Trinajstić information content (AvgIpc) is 2.71. The van der Waals surface area contributed by atoms with Gasteiger partial charge in [0.15, 0.2) is 5.69 Å². The number of hydrogen-bond acceptors (Lipinski definition) is 3. The van der Waals surface area contributed by atoms with E-state index in [2.05, 4.69) is 10.4 Å². The molecule has 0 radical (unpaired) electrons. The number of nitrogens with one attached hydrogen (secondary N) is 1. The molecule has 3 rings (SSSR count). The number of para-hydroxylation sites is 1. The van der Waals surface area contributed by atoms with Crippen LogP contribution in [-0.2, 0) is 18.9 Å². The Morgan fingerprint density at radius 3 is 2.31 bits per heavy atom. The number of carbonyl (C=O) groups is 1. The first-order chi connectivity index (χ1) is 14.9. The maximum Gasteiger partial charge on any atom is 0.418 e. The number of aryl methyl sites for hydroxylation is 1. The first-order valence-electron chi connectivity index (χ1n) is 9.10. The van der Waals surface area contributed by atoms with Crippen LogP contribution in [0.3, 0.4) is 0 Å². The standard InChI is InChI=1S/C21H15F6N3O2/c1-12-9-17(31)18(29-30(12)16-8-3-2-7-15(16)21(25,26)27)19(32)28-11-13-5-4-6-14(10-13)20(22,23)24/h2-10H,11H2,1H3,(H,28,32). The summed E-state index contributed by atoms with van der Waals surface area (Å²) in [6.07, 6.45) is -9.28. The molecule has 1 heterocycles. The molecule has 168 valence electrons. The number of hydrogen-bond donors (Lipinski definition) is 1. The van der Waals surface area contributed by atoms with E-state index in [-0.39, 0.29) is 23.5 Å². The maximum absolute atomic E-state index is 13.4. The molecule has 11 heteroatoms. The van der Waals surface area contributed by atoms with Gasteiger partial charge in [0.05, 0.1) is 16.8 Å². The van der Waals surface area contributed by atoms with Crippen molar-refractivity contribution >= 4 is 5.91 Å². The van der Waals surface area contributed by atoms with E-state index < -0.39 is 40.5 Å². The zero-order valence-corrected chi connectivity index (χ0v) is 16.4. The van der Waals surface area contributed by atoms with Crippen molar-refractivity contribution in [1.29, 1.82) is 0 Å². The largest absolute Gasteiger partial charge is 0.418 e. The Morgan fingerprint density at radius 2 is 1.66 bits per heavy atom. The summed E-state index contributed by atoms with van der Waals surface area (Å²) in [4.78, 5) is 24.7. The van der Waals surface area contributed by atoms with Gasteiger partial charge >= 0.3 is 12.4 Å². The summed E-state index contributed by atoms with van der Waals surface area (Å²) < 4.78 is 79.4. The topological polar surface area (TPSA) is 64.0 Å². The van der Waals surface area contributed by atoms with Crippen molar-refractivity contribution in [1.82, 2.24) is 15.1 Å². The Bertz CT molecular complexity index is 1220. The molecule has 3 aromatic rings. The van der Waals surface area contributed by atoms with Crippen LogP contribution in [0.2, 0.25) is 0 Å². The smallest absolute Gasteiger partial charge is 0.346 e. The number of amides is 1. The second-order valence-electron chi connectivity index (χ2n) is 6.81. The monoisotopic (exact) mass is 455 g/mol. The highest BCUT2D eigenvalue weighted by Gasteiger charge is 2.34.